The third-order valence-corrected chi connectivity index (χ3v) is 5.57. The van der Waals surface area contributed by atoms with Crippen LogP contribution in [0.1, 0.15) is 52.8 Å². The summed E-state index contributed by atoms with van der Waals surface area (Å²) in [6, 6.07) is 9.84. The lowest BCUT2D eigenvalue weighted by molar-refractivity contribution is 0.102. The van der Waals surface area contributed by atoms with Gasteiger partial charge in [-0.25, -0.2) is 9.97 Å². The Morgan fingerprint density at radius 2 is 2.10 bits per heavy atom. The molecule has 0 atom stereocenters. The molecule has 30 heavy (non-hydrogen) atoms. The van der Waals surface area contributed by atoms with E-state index in [-0.39, 0.29) is 5.91 Å². The molecule has 1 aliphatic rings. The number of fused-ring (bicyclic) bond motifs is 1. The number of hydrogen-bond donors (Lipinski definition) is 2. The molecule has 3 heterocycles. The molecule has 1 aliphatic heterocycles. The number of pyridine rings is 1. The highest BCUT2D eigenvalue weighted by molar-refractivity contribution is 7.79. The number of anilines is 2. The van der Waals surface area contributed by atoms with E-state index in [2.05, 4.69) is 57.7 Å². The van der Waals surface area contributed by atoms with Gasteiger partial charge in [0.05, 0.1) is 28.9 Å². The van der Waals surface area contributed by atoms with Crippen LogP contribution in [0, 0.1) is 0 Å². The Morgan fingerprint density at radius 3 is 2.90 bits per heavy atom. The summed E-state index contributed by atoms with van der Waals surface area (Å²) in [7, 11) is 0. The SMILES string of the molecule is CC(C)c1cccc(NC(=O)c2cncc(N3CCc4nc(CS)ncc4C3)c2)c1. The van der Waals surface area contributed by atoms with E-state index in [0.29, 0.717) is 23.8 Å². The van der Waals surface area contributed by atoms with Crippen molar-refractivity contribution in [2.24, 2.45) is 0 Å². The van der Waals surface area contributed by atoms with E-state index < -0.39 is 0 Å². The van der Waals surface area contributed by atoms with Crippen LogP contribution in [-0.2, 0) is 18.7 Å². The van der Waals surface area contributed by atoms with Gasteiger partial charge in [-0.1, -0.05) is 26.0 Å². The van der Waals surface area contributed by atoms with Crippen molar-refractivity contribution in [2.45, 2.75) is 38.5 Å². The zero-order valence-corrected chi connectivity index (χ0v) is 18.1. The number of benzene rings is 1. The van der Waals surface area contributed by atoms with E-state index in [9.17, 15) is 4.79 Å². The number of nitrogens with one attached hydrogen (secondary N) is 1. The van der Waals surface area contributed by atoms with Gasteiger partial charge in [-0.2, -0.15) is 12.6 Å². The summed E-state index contributed by atoms with van der Waals surface area (Å²) >= 11 is 4.25. The average molecular weight is 420 g/mol. The lowest BCUT2D eigenvalue weighted by atomic mass is 10.0. The highest BCUT2D eigenvalue weighted by atomic mass is 32.1. The molecule has 7 heteroatoms. The van der Waals surface area contributed by atoms with Gasteiger partial charge in [0.2, 0.25) is 0 Å². The normalized spacial score (nSPS) is 13.3. The minimum absolute atomic E-state index is 0.163. The van der Waals surface area contributed by atoms with Crippen molar-refractivity contribution in [3.8, 4) is 0 Å². The Hall–Kier alpha value is -2.93. The van der Waals surface area contributed by atoms with Crippen LogP contribution in [0.25, 0.3) is 0 Å². The average Bonchev–Trinajstić information content (AvgIpc) is 2.78. The molecule has 0 fully saturated rings. The minimum atomic E-state index is -0.163. The van der Waals surface area contributed by atoms with Crippen molar-refractivity contribution in [2.75, 3.05) is 16.8 Å². The second-order valence-electron chi connectivity index (χ2n) is 7.75. The van der Waals surface area contributed by atoms with Crippen molar-refractivity contribution in [3.63, 3.8) is 0 Å². The predicted octanol–water partition coefficient (Wildman–Crippen LogP) is 4.24. The zero-order valence-electron chi connectivity index (χ0n) is 17.2. The predicted molar refractivity (Wildman–Crippen MR) is 122 cm³/mol. The molecule has 0 saturated carbocycles. The Labute approximate surface area is 182 Å². The van der Waals surface area contributed by atoms with Gasteiger partial charge in [0.25, 0.3) is 5.91 Å². The second kappa shape index (κ2) is 8.83. The summed E-state index contributed by atoms with van der Waals surface area (Å²) in [4.78, 5) is 28.2. The third kappa shape index (κ3) is 4.46. The standard InChI is InChI=1S/C23H25N5OS/c1-15(2)16-4-3-5-19(8-16)26-23(29)17-9-20(12-24-10-17)28-7-6-21-18(13-28)11-25-22(14-30)27-21/h3-5,8-12,15,30H,6-7,13-14H2,1-2H3,(H,26,29). The molecule has 0 radical (unpaired) electrons. The van der Waals surface area contributed by atoms with E-state index >= 15 is 0 Å². The fourth-order valence-corrected chi connectivity index (χ4v) is 3.71. The van der Waals surface area contributed by atoms with Gasteiger partial charge in [-0.15, -0.1) is 0 Å². The largest absolute Gasteiger partial charge is 0.365 e. The number of aromatic nitrogens is 3. The lowest BCUT2D eigenvalue weighted by Gasteiger charge is -2.30. The van der Waals surface area contributed by atoms with Gasteiger partial charge >= 0.3 is 0 Å². The maximum Gasteiger partial charge on any atom is 0.257 e. The quantitative estimate of drug-likeness (QED) is 0.606. The van der Waals surface area contributed by atoms with Crippen LogP contribution >= 0.6 is 12.6 Å². The second-order valence-corrected chi connectivity index (χ2v) is 8.07. The summed E-state index contributed by atoms with van der Waals surface area (Å²) in [6.45, 7) is 5.79. The first kappa shape index (κ1) is 20.3. The smallest absolute Gasteiger partial charge is 0.257 e. The number of nitrogens with zero attached hydrogens (tertiary/aromatic N) is 4. The van der Waals surface area contributed by atoms with Crippen molar-refractivity contribution >= 4 is 29.9 Å². The van der Waals surface area contributed by atoms with Gasteiger partial charge < -0.3 is 10.2 Å². The van der Waals surface area contributed by atoms with Gasteiger partial charge in [-0.3, -0.25) is 9.78 Å². The fourth-order valence-electron chi connectivity index (χ4n) is 3.56. The molecule has 0 saturated heterocycles. The number of thiol groups is 1. The molecule has 154 valence electrons. The highest BCUT2D eigenvalue weighted by Crippen LogP contribution is 2.24. The molecular weight excluding hydrogens is 394 g/mol. The first-order valence-electron chi connectivity index (χ1n) is 10.1. The Kier molecular flexibility index (Phi) is 5.99. The maximum atomic E-state index is 12.8. The van der Waals surface area contributed by atoms with Crippen molar-refractivity contribution < 1.29 is 4.79 Å². The van der Waals surface area contributed by atoms with E-state index in [0.717, 1.165) is 41.4 Å². The number of rotatable bonds is 5. The molecule has 2 aromatic heterocycles. The molecule has 0 unspecified atom stereocenters. The molecule has 6 nitrogen and oxygen atoms in total. The van der Waals surface area contributed by atoms with Gasteiger partial charge in [-0.05, 0) is 29.7 Å². The molecular formula is C23H25N5OS. The van der Waals surface area contributed by atoms with Crippen LogP contribution in [0.15, 0.2) is 48.9 Å². The maximum absolute atomic E-state index is 12.8. The molecule has 1 aromatic carbocycles. The van der Waals surface area contributed by atoms with Gasteiger partial charge in [0.15, 0.2) is 0 Å². The minimum Gasteiger partial charge on any atom is -0.365 e. The van der Waals surface area contributed by atoms with E-state index in [4.69, 9.17) is 0 Å². The van der Waals surface area contributed by atoms with Crippen LogP contribution < -0.4 is 10.2 Å². The fraction of sp³-hybridized carbons (Fsp3) is 0.304. The Bertz CT molecular complexity index is 1070. The van der Waals surface area contributed by atoms with Crippen LogP contribution in [0.5, 0.6) is 0 Å². The van der Waals surface area contributed by atoms with Crippen LogP contribution in [0.2, 0.25) is 0 Å². The van der Waals surface area contributed by atoms with Crippen molar-refractivity contribution in [3.05, 3.63) is 77.1 Å². The van der Waals surface area contributed by atoms with E-state index in [1.807, 2.05) is 30.5 Å². The topological polar surface area (TPSA) is 71.0 Å². The summed E-state index contributed by atoms with van der Waals surface area (Å²) < 4.78 is 0. The number of hydrogen-bond acceptors (Lipinski definition) is 6. The van der Waals surface area contributed by atoms with E-state index in [1.54, 1.807) is 12.4 Å². The molecule has 3 aromatic rings. The Balaban J connectivity index is 1.50. The summed E-state index contributed by atoms with van der Waals surface area (Å²) in [5.74, 6) is 1.54. The zero-order chi connectivity index (χ0) is 21.1. The molecule has 0 aliphatic carbocycles. The summed E-state index contributed by atoms with van der Waals surface area (Å²) in [5, 5.41) is 2.99. The molecule has 1 amide bonds. The van der Waals surface area contributed by atoms with Crippen LogP contribution in [-0.4, -0.2) is 27.4 Å². The van der Waals surface area contributed by atoms with Gasteiger partial charge in [0.1, 0.15) is 5.82 Å². The first-order valence-corrected chi connectivity index (χ1v) is 10.7. The number of carbonyl (C=O) groups is 1. The van der Waals surface area contributed by atoms with Crippen molar-refractivity contribution in [1.29, 1.82) is 0 Å². The van der Waals surface area contributed by atoms with Gasteiger partial charge in [0, 0.05) is 43.2 Å². The van der Waals surface area contributed by atoms with Crippen LogP contribution in [0.4, 0.5) is 11.4 Å². The molecule has 1 N–H and O–H groups in total. The number of carbonyl (C=O) groups excluding carboxylic acids is 1. The monoisotopic (exact) mass is 419 g/mol. The first-order chi connectivity index (χ1) is 14.5. The number of amides is 1. The third-order valence-electron chi connectivity index (χ3n) is 5.29. The van der Waals surface area contributed by atoms with Crippen LogP contribution in [0.3, 0.4) is 0 Å². The molecule has 0 bridgehead atoms. The summed E-state index contributed by atoms with van der Waals surface area (Å²) in [5.41, 5.74) is 5.62. The summed E-state index contributed by atoms with van der Waals surface area (Å²) in [6.07, 6.45) is 6.11. The van der Waals surface area contributed by atoms with Crippen molar-refractivity contribution in [1.82, 2.24) is 15.0 Å². The molecule has 0 spiro atoms. The highest BCUT2D eigenvalue weighted by Gasteiger charge is 2.20. The lowest BCUT2D eigenvalue weighted by Crippen LogP contribution is -2.31. The Morgan fingerprint density at radius 1 is 1.23 bits per heavy atom. The van der Waals surface area contributed by atoms with E-state index in [1.165, 1.54) is 5.56 Å². The molecule has 4 rings (SSSR count).